The number of rotatable bonds is 2. The van der Waals surface area contributed by atoms with Crippen molar-refractivity contribution in [1.29, 1.82) is 0 Å². The third kappa shape index (κ3) is 18.0. The van der Waals surface area contributed by atoms with E-state index in [1.54, 1.807) is 0 Å². The van der Waals surface area contributed by atoms with E-state index in [-0.39, 0.29) is 13.2 Å². The van der Waals surface area contributed by atoms with Crippen LogP contribution in [0.25, 0.3) is 0 Å². The second kappa shape index (κ2) is 10.8. The first-order valence-electron chi connectivity index (χ1n) is 2.13. The van der Waals surface area contributed by atoms with E-state index in [1.165, 1.54) is 0 Å². The smallest absolute Gasteiger partial charge is 0.394 e. The molecule has 56 valence electrons. The first-order chi connectivity index (χ1) is 4.22. The molecule has 0 radical (unpaired) electrons. The summed E-state index contributed by atoms with van der Waals surface area (Å²) < 4.78 is 8.51. The Morgan fingerprint density at radius 3 is 1.56 bits per heavy atom. The lowest BCUT2D eigenvalue weighted by Gasteiger charge is -1.96. The molecule has 0 amide bonds. The molecular formula is C3H10O5P+. The zero-order valence-electron chi connectivity index (χ0n) is 4.69. The van der Waals surface area contributed by atoms with E-state index in [2.05, 4.69) is 0 Å². The highest BCUT2D eigenvalue weighted by molar-refractivity contribution is 7.16. The van der Waals surface area contributed by atoms with Gasteiger partial charge in [-0.15, -0.1) is 0 Å². The van der Waals surface area contributed by atoms with Gasteiger partial charge >= 0.3 is 8.69 Å². The van der Waals surface area contributed by atoms with E-state index < -0.39 is 14.8 Å². The van der Waals surface area contributed by atoms with Crippen LogP contribution in [0.1, 0.15) is 0 Å². The molecule has 0 aromatic heterocycles. The summed E-state index contributed by atoms with van der Waals surface area (Å²) in [6.07, 6.45) is -0.954. The van der Waals surface area contributed by atoms with Crippen LogP contribution in [0.3, 0.4) is 0 Å². The van der Waals surface area contributed by atoms with E-state index in [4.69, 9.17) is 24.8 Å². The highest BCUT2D eigenvalue weighted by Crippen LogP contribution is 1.71. The highest BCUT2D eigenvalue weighted by Gasteiger charge is 1.93. The van der Waals surface area contributed by atoms with Crippen molar-refractivity contribution in [2.75, 3.05) is 13.2 Å². The van der Waals surface area contributed by atoms with Gasteiger partial charge in [-0.3, -0.25) is 0 Å². The van der Waals surface area contributed by atoms with Crippen molar-refractivity contribution in [3.63, 3.8) is 0 Å². The Balaban J connectivity index is 0. The van der Waals surface area contributed by atoms with Crippen LogP contribution in [0.2, 0.25) is 0 Å². The van der Waals surface area contributed by atoms with Crippen LogP contribution in [-0.4, -0.2) is 39.5 Å². The summed E-state index contributed by atoms with van der Waals surface area (Å²) in [5.41, 5.74) is 0. The summed E-state index contributed by atoms with van der Waals surface area (Å²) in [6, 6.07) is 0. The number of aliphatic hydroxyl groups excluding tert-OH is 3. The largest absolute Gasteiger partial charge is 0.491 e. The Morgan fingerprint density at radius 1 is 1.33 bits per heavy atom. The highest BCUT2D eigenvalue weighted by atomic mass is 31.1. The molecule has 1 unspecified atom stereocenters. The molecule has 0 saturated carbocycles. The predicted octanol–water partition coefficient (Wildman–Crippen LogP) is -1.75. The molecule has 0 heterocycles. The van der Waals surface area contributed by atoms with Gasteiger partial charge in [0.1, 0.15) is 6.10 Å². The summed E-state index contributed by atoms with van der Waals surface area (Å²) in [4.78, 5) is 7.04. The molecule has 0 rings (SSSR count). The molecule has 0 aromatic carbocycles. The molecule has 0 bridgehead atoms. The molecule has 9 heavy (non-hydrogen) atoms. The molecule has 1 atom stereocenters. The van der Waals surface area contributed by atoms with Gasteiger partial charge in [0, 0.05) is 0 Å². The van der Waals surface area contributed by atoms with E-state index >= 15 is 0 Å². The lowest BCUT2D eigenvalue weighted by molar-refractivity contribution is 0.0450. The minimum atomic E-state index is -1.17. The fraction of sp³-hybridized carbons (Fsp3) is 1.00. The van der Waals surface area contributed by atoms with Gasteiger partial charge < -0.3 is 15.3 Å². The first kappa shape index (κ1) is 11.7. The maximum absolute atomic E-state index is 8.51. The third-order valence-electron chi connectivity index (χ3n) is 0.421. The quantitative estimate of drug-likeness (QED) is 0.356. The summed E-state index contributed by atoms with van der Waals surface area (Å²) in [6.45, 7) is -0.729. The van der Waals surface area contributed by atoms with Crippen molar-refractivity contribution in [3.05, 3.63) is 0 Å². The molecular weight excluding hydrogens is 147 g/mol. The Hall–Kier alpha value is -0.0600. The Bertz CT molecular complexity index is 54.2. The number of aliphatic hydroxyl groups is 3. The molecule has 0 aliphatic heterocycles. The average Bonchev–Trinajstić information content (AvgIpc) is 1.88. The van der Waals surface area contributed by atoms with Crippen molar-refractivity contribution in [3.8, 4) is 0 Å². The molecule has 0 aliphatic carbocycles. The van der Waals surface area contributed by atoms with Crippen molar-refractivity contribution >= 4 is 8.69 Å². The van der Waals surface area contributed by atoms with Gasteiger partial charge in [0.15, 0.2) is 0 Å². The SMILES string of the molecule is O=[PH+]O.OCC(O)CO. The molecule has 6 heteroatoms. The molecule has 5 nitrogen and oxygen atoms in total. The standard InChI is InChI=1S/C3H8O3.HO2P/c4-1-3(6)2-5;1-3-2/h3-6H,1-2H2;3H/p+1. The van der Waals surface area contributed by atoms with Crippen LogP contribution in [0, 0.1) is 0 Å². The molecule has 0 aliphatic rings. The van der Waals surface area contributed by atoms with Gasteiger partial charge in [0.25, 0.3) is 0 Å². The fourth-order valence-corrected chi connectivity index (χ4v) is 0.0577. The van der Waals surface area contributed by atoms with Gasteiger partial charge in [-0.1, -0.05) is 0 Å². The Morgan fingerprint density at radius 2 is 1.56 bits per heavy atom. The zero-order chi connectivity index (χ0) is 7.70. The lowest BCUT2D eigenvalue weighted by atomic mass is 10.4. The summed E-state index contributed by atoms with van der Waals surface area (Å²) in [5.74, 6) is 0. The molecule has 0 fully saturated rings. The molecule has 0 saturated heterocycles. The van der Waals surface area contributed by atoms with E-state index in [9.17, 15) is 0 Å². The number of hydrogen-bond acceptors (Lipinski definition) is 4. The van der Waals surface area contributed by atoms with Crippen LogP contribution >= 0.6 is 8.69 Å². The summed E-state index contributed by atoms with van der Waals surface area (Å²) in [7, 11) is -1.17. The van der Waals surface area contributed by atoms with Gasteiger partial charge in [0.05, 0.1) is 13.2 Å². The van der Waals surface area contributed by atoms with E-state index in [0.29, 0.717) is 0 Å². The Labute approximate surface area is 53.9 Å². The molecule has 4 N–H and O–H groups in total. The van der Waals surface area contributed by atoms with Gasteiger partial charge in [-0.2, -0.15) is 4.89 Å². The molecule has 0 spiro atoms. The fourth-order valence-electron chi connectivity index (χ4n) is 0.0577. The second-order valence-electron chi connectivity index (χ2n) is 1.11. The minimum absolute atomic E-state index is 0.365. The van der Waals surface area contributed by atoms with Crippen molar-refractivity contribution < 1.29 is 24.8 Å². The van der Waals surface area contributed by atoms with Crippen LogP contribution in [0.5, 0.6) is 0 Å². The first-order valence-corrected chi connectivity index (χ1v) is 2.99. The third-order valence-corrected chi connectivity index (χ3v) is 0.421. The normalized spacial score (nSPS) is 9.00. The van der Waals surface area contributed by atoms with E-state index in [0.717, 1.165) is 0 Å². The van der Waals surface area contributed by atoms with Crippen molar-refractivity contribution in [2.45, 2.75) is 6.10 Å². The summed E-state index contributed by atoms with van der Waals surface area (Å²) in [5, 5.41) is 24.0. The van der Waals surface area contributed by atoms with Crippen molar-refractivity contribution in [1.82, 2.24) is 0 Å². The minimum Gasteiger partial charge on any atom is -0.394 e. The monoisotopic (exact) mass is 157 g/mol. The van der Waals surface area contributed by atoms with Gasteiger partial charge in [-0.25, -0.2) is 0 Å². The number of hydrogen-bond donors (Lipinski definition) is 4. The zero-order valence-corrected chi connectivity index (χ0v) is 5.69. The van der Waals surface area contributed by atoms with Gasteiger partial charge in [-0.05, 0) is 4.57 Å². The van der Waals surface area contributed by atoms with Crippen LogP contribution < -0.4 is 0 Å². The maximum atomic E-state index is 8.51. The molecule has 0 aromatic rings. The Kier molecular flexibility index (Phi) is 14.1. The van der Waals surface area contributed by atoms with Crippen LogP contribution in [0.4, 0.5) is 0 Å². The van der Waals surface area contributed by atoms with Crippen molar-refractivity contribution in [2.24, 2.45) is 0 Å². The summed E-state index contributed by atoms with van der Waals surface area (Å²) >= 11 is 0. The topological polar surface area (TPSA) is 98.0 Å². The average molecular weight is 157 g/mol. The second-order valence-corrected chi connectivity index (χ2v) is 1.29. The predicted molar refractivity (Wildman–Crippen MR) is 31.4 cm³/mol. The van der Waals surface area contributed by atoms with Crippen LogP contribution in [0.15, 0.2) is 0 Å². The van der Waals surface area contributed by atoms with Gasteiger partial charge in [0.2, 0.25) is 0 Å². The van der Waals surface area contributed by atoms with E-state index in [1.807, 2.05) is 0 Å². The maximum Gasteiger partial charge on any atom is 0.491 e. The van der Waals surface area contributed by atoms with Crippen LogP contribution in [-0.2, 0) is 4.57 Å². The lowest BCUT2D eigenvalue weighted by Crippen LogP contribution is -2.15.